The zero-order chi connectivity index (χ0) is 17.2. The Kier molecular flexibility index (Phi) is 4.58. The first kappa shape index (κ1) is 16.5. The minimum Gasteiger partial charge on any atom is -0.444 e. The molecule has 1 heterocycles. The van der Waals surface area contributed by atoms with Gasteiger partial charge >= 0.3 is 6.09 Å². The molecular weight excluding hydrogens is 300 g/mol. The molecule has 1 amide bonds. The number of benzene rings is 2. The minimum atomic E-state index is -0.508. The summed E-state index contributed by atoms with van der Waals surface area (Å²) in [5.41, 5.74) is 5.21. The molecule has 0 bridgehead atoms. The Bertz CT molecular complexity index is 733. The maximum atomic E-state index is 12.1. The number of amides is 1. The van der Waals surface area contributed by atoms with Crippen LogP contribution in [-0.4, -0.2) is 18.2 Å². The molecule has 0 radical (unpaired) electrons. The largest absolute Gasteiger partial charge is 0.444 e. The Labute approximate surface area is 143 Å². The number of hydrogen-bond donors (Lipinski definition) is 2. The summed E-state index contributed by atoms with van der Waals surface area (Å²) in [6.07, 6.45) is 0.534. The highest BCUT2D eigenvalue weighted by atomic mass is 16.6. The molecule has 0 spiro atoms. The predicted molar refractivity (Wildman–Crippen MR) is 97.1 cm³/mol. The monoisotopic (exact) mass is 324 g/mol. The smallest absolute Gasteiger partial charge is 0.412 e. The summed E-state index contributed by atoms with van der Waals surface area (Å²) in [7, 11) is 0. The summed E-state index contributed by atoms with van der Waals surface area (Å²) in [5, 5.41) is 6.29. The van der Waals surface area contributed by atoms with Crippen molar-refractivity contribution >= 4 is 11.8 Å². The SMILES string of the molecule is CC(C)(C)OC(=O)Nc1ccc(-c2ccccc2)c2c1CNCC2. The molecule has 1 aliphatic heterocycles. The quantitative estimate of drug-likeness (QED) is 0.863. The van der Waals surface area contributed by atoms with Crippen molar-refractivity contribution in [1.29, 1.82) is 0 Å². The fourth-order valence-corrected chi connectivity index (χ4v) is 3.03. The van der Waals surface area contributed by atoms with E-state index in [4.69, 9.17) is 4.74 Å². The lowest BCUT2D eigenvalue weighted by atomic mass is 9.90. The predicted octanol–water partition coefficient (Wildman–Crippen LogP) is 4.35. The molecule has 24 heavy (non-hydrogen) atoms. The van der Waals surface area contributed by atoms with Crippen LogP contribution in [0.2, 0.25) is 0 Å². The fraction of sp³-hybridized carbons (Fsp3) is 0.350. The van der Waals surface area contributed by atoms with E-state index in [1.54, 1.807) is 0 Å². The van der Waals surface area contributed by atoms with Crippen molar-refractivity contribution in [3.63, 3.8) is 0 Å². The highest BCUT2D eigenvalue weighted by Crippen LogP contribution is 2.33. The van der Waals surface area contributed by atoms with Crippen LogP contribution in [0.25, 0.3) is 11.1 Å². The average molecular weight is 324 g/mol. The molecular formula is C20H24N2O2. The third-order valence-electron chi connectivity index (χ3n) is 4.01. The number of ether oxygens (including phenoxy) is 1. The molecule has 0 atom stereocenters. The van der Waals surface area contributed by atoms with E-state index in [1.807, 2.05) is 32.9 Å². The van der Waals surface area contributed by atoms with Crippen molar-refractivity contribution < 1.29 is 9.53 Å². The van der Waals surface area contributed by atoms with Gasteiger partial charge in [0.15, 0.2) is 0 Å². The first-order chi connectivity index (χ1) is 11.4. The van der Waals surface area contributed by atoms with E-state index in [9.17, 15) is 4.79 Å². The van der Waals surface area contributed by atoms with Crippen LogP contribution in [0.4, 0.5) is 10.5 Å². The molecule has 4 nitrogen and oxygen atoms in total. The van der Waals surface area contributed by atoms with Crippen LogP contribution < -0.4 is 10.6 Å². The first-order valence-corrected chi connectivity index (χ1v) is 8.35. The van der Waals surface area contributed by atoms with Crippen LogP contribution in [0.15, 0.2) is 42.5 Å². The molecule has 0 aliphatic carbocycles. The van der Waals surface area contributed by atoms with Crippen LogP contribution in [0, 0.1) is 0 Å². The van der Waals surface area contributed by atoms with E-state index in [2.05, 4.69) is 41.0 Å². The average Bonchev–Trinajstić information content (AvgIpc) is 2.54. The first-order valence-electron chi connectivity index (χ1n) is 8.35. The van der Waals surface area contributed by atoms with E-state index < -0.39 is 11.7 Å². The topological polar surface area (TPSA) is 50.4 Å². The van der Waals surface area contributed by atoms with Crippen molar-refractivity contribution in [3.8, 4) is 11.1 Å². The molecule has 0 aromatic heterocycles. The number of anilines is 1. The summed E-state index contributed by atoms with van der Waals surface area (Å²) in [6.45, 7) is 7.29. The van der Waals surface area contributed by atoms with Gasteiger partial charge in [0.2, 0.25) is 0 Å². The summed E-state index contributed by atoms with van der Waals surface area (Å²) >= 11 is 0. The summed E-state index contributed by atoms with van der Waals surface area (Å²) in [5.74, 6) is 0. The number of hydrogen-bond acceptors (Lipinski definition) is 3. The molecule has 2 aromatic carbocycles. The second-order valence-corrected chi connectivity index (χ2v) is 7.04. The molecule has 2 aromatic rings. The lowest BCUT2D eigenvalue weighted by molar-refractivity contribution is 0.0635. The number of carbonyl (C=O) groups is 1. The molecule has 0 saturated carbocycles. The minimum absolute atomic E-state index is 0.414. The third kappa shape index (κ3) is 3.77. The highest BCUT2D eigenvalue weighted by Gasteiger charge is 2.21. The van der Waals surface area contributed by atoms with Crippen LogP contribution in [0.3, 0.4) is 0 Å². The van der Waals surface area contributed by atoms with Crippen LogP contribution in [-0.2, 0) is 17.7 Å². The van der Waals surface area contributed by atoms with E-state index in [0.717, 1.165) is 30.8 Å². The Balaban J connectivity index is 1.94. The normalized spacial score (nSPS) is 14.0. The van der Waals surface area contributed by atoms with Crippen LogP contribution in [0.5, 0.6) is 0 Å². The lowest BCUT2D eigenvalue weighted by Crippen LogP contribution is -2.29. The van der Waals surface area contributed by atoms with E-state index in [1.165, 1.54) is 16.7 Å². The molecule has 3 rings (SSSR count). The molecule has 0 fully saturated rings. The molecule has 1 aliphatic rings. The van der Waals surface area contributed by atoms with E-state index in [-0.39, 0.29) is 0 Å². The van der Waals surface area contributed by atoms with Gasteiger partial charge in [-0.3, -0.25) is 5.32 Å². The summed E-state index contributed by atoms with van der Waals surface area (Å²) in [4.78, 5) is 12.1. The Morgan fingerprint density at radius 3 is 2.54 bits per heavy atom. The summed E-state index contributed by atoms with van der Waals surface area (Å²) in [6, 6.07) is 14.4. The maximum absolute atomic E-state index is 12.1. The Morgan fingerprint density at radius 2 is 1.83 bits per heavy atom. The van der Waals surface area contributed by atoms with Gasteiger partial charge in [0.25, 0.3) is 0 Å². The van der Waals surface area contributed by atoms with Crippen molar-refractivity contribution in [2.75, 3.05) is 11.9 Å². The van der Waals surface area contributed by atoms with Gasteiger partial charge < -0.3 is 10.1 Å². The second-order valence-electron chi connectivity index (χ2n) is 7.04. The Hall–Kier alpha value is -2.33. The highest BCUT2D eigenvalue weighted by molar-refractivity contribution is 5.87. The number of nitrogens with one attached hydrogen (secondary N) is 2. The van der Waals surface area contributed by atoms with Gasteiger partial charge in [-0.1, -0.05) is 36.4 Å². The van der Waals surface area contributed by atoms with E-state index in [0.29, 0.717) is 0 Å². The fourth-order valence-electron chi connectivity index (χ4n) is 3.03. The van der Waals surface area contributed by atoms with Crippen molar-refractivity contribution in [3.05, 3.63) is 53.6 Å². The van der Waals surface area contributed by atoms with Gasteiger partial charge in [-0.15, -0.1) is 0 Å². The molecule has 0 saturated heterocycles. The summed E-state index contributed by atoms with van der Waals surface area (Å²) < 4.78 is 5.38. The Morgan fingerprint density at radius 1 is 1.08 bits per heavy atom. The van der Waals surface area contributed by atoms with Gasteiger partial charge in [0.05, 0.1) is 0 Å². The second kappa shape index (κ2) is 6.65. The van der Waals surface area contributed by atoms with Gasteiger partial charge in [-0.25, -0.2) is 4.79 Å². The van der Waals surface area contributed by atoms with Crippen molar-refractivity contribution in [2.24, 2.45) is 0 Å². The van der Waals surface area contributed by atoms with Crippen LogP contribution >= 0.6 is 0 Å². The van der Waals surface area contributed by atoms with E-state index >= 15 is 0 Å². The third-order valence-corrected chi connectivity index (χ3v) is 4.01. The van der Waals surface area contributed by atoms with Gasteiger partial charge in [0.1, 0.15) is 5.60 Å². The number of rotatable bonds is 2. The lowest BCUT2D eigenvalue weighted by Gasteiger charge is -2.25. The maximum Gasteiger partial charge on any atom is 0.412 e. The number of fused-ring (bicyclic) bond motifs is 1. The van der Waals surface area contributed by atoms with Gasteiger partial charge in [-0.05, 0) is 62.1 Å². The van der Waals surface area contributed by atoms with Crippen molar-refractivity contribution in [1.82, 2.24) is 5.32 Å². The molecule has 0 unspecified atom stereocenters. The van der Waals surface area contributed by atoms with Gasteiger partial charge in [0, 0.05) is 12.2 Å². The van der Waals surface area contributed by atoms with Gasteiger partial charge in [-0.2, -0.15) is 0 Å². The molecule has 2 N–H and O–H groups in total. The molecule has 4 heteroatoms. The molecule has 126 valence electrons. The zero-order valence-corrected chi connectivity index (χ0v) is 14.5. The van der Waals surface area contributed by atoms with Crippen LogP contribution in [0.1, 0.15) is 31.9 Å². The standard InChI is InChI=1S/C20H24N2O2/c1-20(2,3)24-19(23)22-18-10-9-15(14-7-5-4-6-8-14)16-11-12-21-13-17(16)18/h4-10,21H,11-13H2,1-3H3,(H,22,23). The zero-order valence-electron chi connectivity index (χ0n) is 14.5. The van der Waals surface area contributed by atoms with Crippen molar-refractivity contribution in [2.45, 2.75) is 39.3 Å². The number of carbonyl (C=O) groups excluding carboxylic acids is 1.